The van der Waals surface area contributed by atoms with Crippen LogP contribution in [0.15, 0.2) is 11.8 Å². The highest BCUT2D eigenvalue weighted by Crippen LogP contribution is 2.07. The minimum Gasteiger partial charge on any atom is -0.469 e. The molecule has 0 aromatic carbocycles. The SMILES string of the molecule is COC(=O)C/C(=C/CC(O)OC)[N+](=O)[O-]. The van der Waals surface area contributed by atoms with Gasteiger partial charge in [0, 0.05) is 13.5 Å². The molecular weight excluding hydrogens is 206 g/mol. The first-order valence-electron chi connectivity index (χ1n) is 4.12. The predicted molar refractivity (Wildman–Crippen MR) is 49.3 cm³/mol. The number of aliphatic hydroxyl groups excluding tert-OH is 1. The van der Waals surface area contributed by atoms with E-state index in [0.717, 1.165) is 13.2 Å². The third kappa shape index (κ3) is 5.76. The molecule has 0 fully saturated rings. The summed E-state index contributed by atoms with van der Waals surface area (Å²) in [5.41, 5.74) is -0.321. The zero-order valence-electron chi connectivity index (χ0n) is 8.50. The summed E-state index contributed by atoms with van der Waals surface area (Å²) in [6.07, 6.45) is -0.466. The number of hydrogen-bond donors (Lipinski definition) is 1. The molecule has 1 N–H and O–H groups in total. The maximum absolute atomic E-state index is 10.8. The quantitative estimate of drug-likeness (QED) is 0.293. The fourth-order valence-corrected chi connectivity index (χ4v) is 0.764. The van der Waals surface area contributed by atoms with Gasteiger partial charge in [-0.15, -0.1) is 0 Å². The third-order valence-electron chi connectivity index (χ3n) is 1.61. The lowest BCUT2D eigenvalue weighted by molar-refractivity contribution is -0.427. The van der Waals surface area contributed by atoms with Crippen molar-refractivity contribution >= 4 is 5.97 Å². The minimum atomic E-state index is -1.11. The molecule has 0 aliphatic rings. The number of nitro groups is 1. The number of methoxy groups -OCH3 is 2. The van der Waals surface area contributed by atoms with Gasteiger partial charge < -0.3 is 14.6 Å². The number of carbonyl (C=O) groups excluding carboxylic acids is 1. The molecule has 0 saturated carbocycles. The molecule has 0 radical (unpaired) electrons. The van der Waals surface area contributed by atoms with Crippen LogP contribution >= 0.6 is 0 Å². The second-order valence-electron chi connectivity index (χ2n) is 2.63. The van der Waals surface area contributed by atoms with Gasteiger partial charge in [-0.2, -0.15) is 0 Å². The van der Waals surface area contributed by atoms with Gasteiger partial charge >= 0.3 is 5.97 Å². The Hall–Kier alpha value is -1.47. The summed E-state index contributed by atoms with van der Waals surface area (Å²) in [6, 6.07) is 0. The van der Waals surface area contributed by atoms with Crippen LogP contribution in [0.5, 0.6) is 0 Å². The molecule has 15 heavy (non-hydrogen) atoms. The van der Waals surface area contributed by atoms with Crippen LogP contribution in [0.1, 0.15) is 12.8 Å². The molecule has 0 aliphatic heterocycles. The topological polar surface area (TPSA) is 98.9 Å². The van der Waals surface area contributed by atoms with Gasteiger partial charge in [-0.3, -0.25) is 14.9 Å². The molecule has 0 amide bonds. The van der Waals surface area contributed by atoms with E-state index >= 15 is 0 Å². The van der Waals surface area contributed by atoms with Gasteiger partial charge in [0.25, 0.3) is 5.70 Å². The van der Waals surface area contributed by atoms with E-state index in [4.69, 9.17) is 5.11 Å². The van der Waals surface area contributed by atoms with Gasteiger partial charge in [0.15, 0.2) is 6.29 Å². The van der Waals surface area contributed by atoms with Crippen molar-refractivity contribution in [3.8, 4) is 0 Å². The molecule has 0 bridgehead atoms. The van der Waals surface area contributed by atoms with Crippen LogP contribution in [-0.4, -0.2) is 36.5 Å². The highest BCUT2D eigenvalue weighted by Gasteiger charge is 2.16. The van der Waals surface area contributed by atoms with E-state index in [1.807, 2.05) is 0 Å². The Kier molecular flexibility index (Phi) is 6.23. The van der Waals surface area contributed by atoms with E-state index in [9.17, 15) is 14.9 Å². The second kappa shape index (κ2) is 6.91. The first-order chi connectivity index (χ1) is 7.01. The average molecular weight is 219 g/mol. The van der Waals surface area contributed by atoms with E-state index in [2.05, 4.69) is 9.47 Å². The van der Waals surface area contributed by atoms with Crippen LogP contribution in [0.2, 0.25) is 0 Å². The standard InChI is InChI=1S/C8H13NO6/c1-14-7(10)4-3-6(9(12)13)5-8(11)15-2/h3,7,10H,4-5H2,1-2H3/b6-3-. The maximum Gasteiger partial charge on any atom is 0.316 e. The number of aliphatic hydroxyl groups is 1. The lowest BCUT2D eigenvalue weighted by Gasteiger charge is -2.04. The molecule has 0 rings (SSSR count). The Balaban J connectivity index is 4.38. The molecule has 1 atom stereocenters. The van der Waals surface area contributed by atoms with Gasteiger partial charge in [0.05, 0.1) is 12.0 Å². The van der Waals surface area contributed by atoms with Crippen molar-refractivity contribution in [1.29, 1.82) is 0 Å². The highest BCUT2D eigenvalue weighted by atomic mass is 16.6. The van der Waals surface area contributed by atoms with E-state index in [1.165, 1.54) is 7.11 Å². The first kappa shape index (κ1) is 13.5. The zero-order chi connectivity index (χ0) is 11.8. The normalized spacial score (nSPS) is 13.4. The van der Waals surface area contributed by atoms with Crippen LogP contribution in [-0.2, 0) is 14.3 Å². The molecule has 0 saturated heterocycles. The van der Waals surface area contributed by atoms with Gasteiger partial charge in [-0.25, -0.2) is 0 Å². The number of rotatable bonds is 6. The number of carbonyl (C=O) groups is 1. The van der Waals surface area contributed by atoms with Gasteiger partial charge in [0.2, 0.25) is 0 Å². The molecule has 0 heterocycles. The lowest BCUT2D eigenvalue weighted by atomic mass is 10.2. The smallest absolute Gasteiger partial charge is 0.316 e. The highest BCUT2D eigenvalue weighted by molar-refractivity contribution is 5.71. The molecule has 0 spiro atoms. The maximum atomic E-state index is 10.8. The summed E-state index contributed by atoms with van der Waals surface area (Å²) in [5.74, 6) is -0.704. The number of nitrogens with zero attached hydrogens (tertiary/aromatic N) is 1. The molecule has 7 nitrogen and oxygen atoms in total. The lowest BCUT2D eigenvalue weighted by Crippen LogP contribution is -2.11. The van der Waals surface area contributed by atoms with E-state index in [-0.39, 0.29) is 12.1 Å². The van der Waals surface area contributed by atoms with Gasteiger partial charge in [-0.1, -0.05) is 0 Å². The molecule has 1 unspecified atom stereocenters. The number of hydrogen-bond acceptors (Lipinski definition) is 6. The number of esters is 1. The van der Waals surface area contributed by atoms with Crippen molar-refractivity contribution in [2.24, 2.45) is 0 Å². The Morgan fingerprint density at radius 3 is 2.60 bits per heavy atom. The van der Waals surface area contributed by atoms with Crippen LogP contribution in [0.3, 0.4) is 0 Å². The summed E-state index contributed by atoms with van der Waals surface area (Å²) in [4.78, 5) is 20.5. The van der Waals surface area contributed by atoms with Crippen molar-refractivity contribution in [2.45, 2.75) is 19.1 Å². The Morgan fingerprint density at radius 1 is 1.60 bits per heavy atom. The molecule has 0 aromatic heterocycles. The summed E-state index contributed by atoms with van der Waals surface area (Å²) < 4.78 is 8.77. The fourth-order valence-electron chi connectivity index (χ4n) is 0.764. The summed E-state index contributed by atoms with van der Waals surface area (Å²) in [7, 11) is 2.41. The van der Waals surface area contributed by atoms with Crippen molar-refractivity contribution in [2.75, 3.05) is 14.2 Å². The summed E-state index contributed by atoms with van der Waals surface area (Å²) in [6.45, 7) is 0. The van der Waals surface area contributed by atoms with E-state index < -0.39 is 23.6 Å². The van der Waals surface area contributed by atoms with E-state index in [1.54, 1.807) is 0 Å². The minimum absolute atomic E-state index is 0.0518. The van der Waals surface area contributed by atoms with Crippen molar-refractivity contribution in [1.82, 2.24) is 0 Å². The number of ether oxygens (including phenoxy) is 2. The van der Waals surface area contributed by atoms with Crippen LogP contribution < -0.4 is 0 Å². The zero-order valence-corrected chi connectivity index (χ0v) is 8.50. The van der Waals surface area contributed by atoms with Crippen LogP contribution in [0, 0.1) is 10.1 Å². The predicted octanol–water partition coefficient (Wildman–Crippen LogP) is 0.0650. The summed E-state index contributed by atoms with van der Waals surface area (Å²) in [5, 5.41) is 19.4. The van der Waals surface area contributed by atoms with Crippen molar-refractivity contribution in [3.05, 3.63) is 21.9 Å². The Bertz CT molecular complexity index is 262. The van der Waals surface area contributed by atoms with Gasteiger partial charge in [-0.05, 0) is 6.08 Å². The molecular formula is C8H13NO6. The van der Waals surface area contributed by atoms with Crippen molar-refractivity contribution in [3.63, 3.8) is 0 Å². The van der Waals surface area contributed by atoms with Gasteiger partial charge in [0.1, 0.15) is 6.42 Å². The second-order valence-corrected chi connectivity index (χ2v) is 2.63. The van der Waals surface area contributed by atoms with Crippen molar-refractivity contribution < 1.29 is 24.3 Å². The fraction of sp³-hybridized carbons (Fsp3) is 0.625. The third-order valence-corrected chi connectivity index (χ3v) is 1.61. The Morgan fingerprint density at radius 2 is 2.20 bits per heavy atom. The first-order valence-corrected chi connectivity index (χ1v) is 4.12. The molecule has 0 aliphatic carbocycles. The molecule has 7 heteroatoms. The van der Waals surface area contributed by atoms with E-state index in [0.29, 0.717) is 0 Å². The average Bonchev–Trinajstić information content (AvgIpc) is 2.22. The monoisotopic (exact) mass is 219 g/mol. The molecule has 0 aromatic rings. The van der Waals surface area contributed by atoms with Crippen LogP contribution in [0.4, 0.5) is 0 Å². The largest absolute Gasteiger partial charge is 0.469 e. The Labute approximate surface area is 86.4 Å². The van der Waals surface area contributed by atoms with Crippen LogP contribution in [0.25, 0.3) is 0 Å². The summed E-state index contributed by atoms with van der Waals surface area (Å²) >= 11 is 0. The molecule has 86 valence electrons.